The summed E-state index contributed by atoms with van der Waals surface area (Å²) in [4.78, 5) is 22.7. The van der Waals surface area contributed by atoms with Gasteiger partial charge in [0.1, 0.15) is 0 Å². The van der Waals surface area contributed by atoms with Gasteiger partial charge in [0.25, 0.3) is 0 Å². The van der Waals surface area contributed by atoms with Crippen LogP contribution in [0.5, 0.6) is 0 Å². The normalized spacial score (nSPS) is 28.6. The third-order valence-corrected chi connectivity index (χ3v) is 4.31. The lowest BCUT2D eigenvalue weighted by Gasteiger charge is -2.19. The quantitative estimate of drug-likeness (QED) is 0.687. The Kier molecular flexibility index (Phi) is 5.05. The fourth-order valence-electron chi connectivity index (χ4n) is 3.17. The molecule has 2 saturated carbocycles. The second-order valence-corrected chi connectivity index (χ2v) is 5.85. The van der Waals surface area contributed by atoms with Crippen molar-refractivity contribution < 1.29 is 14.7 Å². The van der Waals surface area contributed by atoms with Gasteiger partial charge in [-0.1, -0.05) is 25.7 Å². The Morgan fingerprint density at radius 3 is 2.05 bits per heavy atom. The molecule has 2 rings (SSSR count). The van der Waals surface area contributed by atoms with Crippen LogP contribution in [0.1, 0.15) is 57.8 Å². The average molecular weight is 268 g/mol. The van der Waals surface area contributed by atoms with E-state index in [1.807, 2.05) is 0 Å². The van der Waals surface area contributed by atoms with Gasteiger partial charge in [-0.25, -0.2) is 4.79 Å². The van der Waals surface area contributed by atoms with Gasteiger partial charge in [0.15, 0.2) is 0 Å². The van der Waals surface area contributed by atoms with Crippen LogP contribution >= 0.6 is 0 Å². The summed E-state index contributed by atoms with van der Waals surface area (Å²) in [5, 5.41) is 14.9. The monoisotopic (exact) mass is 268 g/mol. The first-order valence-corrected chi connectivity index (χ1v) is 7.45. The number of rotatable bonds is 3. The highest BCUT2D eigenvalue weighted by atomic mass is 16.4. The van der Waals surface area contributed by atoms with Crippen molar-refractivity contribution in [2.24, 2.45) is 5.92 Å². The average Bonchev–Trinajstić information content (AvgIpc) is 2.67. The Labute approximate surface area is 114 Å². The molecule has 0 aromatic heterocycles. The van der Waals surface area contributed by atoms with Crippen molar-refractivity contribution in [3.63, 3.8) is 0 Å². The molecule has 0 bridgehead atoms. The smallest absolute Gasteiger partial charge is 0.315 e. The molecule has 2 unspecified atom stereocenters. The summed E-state index contributed by atoms with van der Waals surface area (Å²) in [6.45, 7) is 0. The number of nitrogens with one attached hydrogen (secondary N) is 2. The highest BCUT2D eigenvalue weighted by molar-refractivity contribution is 5.75. The SMILES string of the molecule is O=C(NC1CCCCCC1)NC1CCC(C(=O)O)C1. The van der Waals surface area contributed by atoms with E-state index in [4.69, 9.17) is 5.11 Å². The van der Waals surface area contributed by atoms with Crippen LogP contribution in [-0.4, -0.2) is 29.2 Å². The number of carbonyl (C=O) groups excluding carboxylic acids is 1. The third-order valence-electron chi connectivity index (χ3n) is 4.31. The molecule has 0 aromatic carbocycles. The molecule has 2 aliphatic carbocycles. The highest BCUT2D eigenvalue weighted by Gasteiger charge is 2.30. The van der Waals surface area contributed by atoms with Gasteiger partial charge in [-0.05, 0) is 32.1 Å². The molecule has 0 heterocycles. The van der Waals surface area contributed by atoms with Crippen molar-refractivity contribution in [2.75, 3.05) is 0 Å². The number of urea groups is 1. The molecule has 2 aliphatic rings. The van der Waals surface area contributed by atoms with Crippen LogP contribution in [0.25, 0.3) is 0 Å². The molecular weight excluding hydrogens is 244 g/mol. The molecule has 108 valence electrons. The van der Waals surface area contributed by atoms with Crippen LogP contribution in [0.2, 0.25) is 0 Å². The van der Waals surface area contributed by atoms with E-state index in [1.54, 1.807) is 0 Å². The van der Waals surface area contributed by atoms with Crippen LogP contribution in [0.4, 0.5) is 4.79 Å². The molecule has 2 fully saturated rings. The summed E-state index contributed by atoms with van der Waals surface area (Å²) < 4.78 is 0. The summed E-state index contributed by atoms with van der Waals surface area (Å²) in [7, 11) is 0. The molecule has 0 radical (unpaired) electrons. The summed E-state index contributed by atoms with van der Waals surface area (Å²) in [5.74, 6) is -1.03. The summed E-state index contributed by atoms with van der Waals surface area (Å²) in [6.07, 6.45) is 9.05. The maximum absolute atomic E-state index is 11.9. The zero-order valence-electron chi connectivity index (χ0n) is 11.4. The Morgan fingerprint density at radius 1 is 0.842 bits per heavy atom. The summed E-state index contributed by atoms with van der Waals surface area (Å²) >= 11 is 0. The summed E-state index contributed by atoms with van der Waals surface area (Å²) in [6, 6.07) is 0.189. The topological polar surface area (TPSA) is 78.4 Å². The third kappa shape index (κ3) is 4.40. The van der Waals surface area contributed by atoms with Gasteiger partial charge in [-0.2, -0.15) is 0 Å². The lowest BCUT2D eigenvalue weighted by atomic mass is 10.1. The van der Waals surface area contributed by atoms with Gasteiger partial charge in [-0.15, -0.1) is 0 Å². The van der Waals surface area contributed by atoms with Gasteiger partial charge in [0, 0.05) is 12.1 Å². The number of carboxylic acid groups (broad SMARTS) is 1. The molecule has 0 saturated heterocycles. The van der Waals surface area contributed by atoms with Gasteiger partial charge in [-0.3, -0.25) is 4.79 Å². The standard InChI is InChI=1S/C14H24N2O3/c17-13(18)10-7-8-12(9-10)16-14(19)15-11-5-3-1-2-4-6-11/h10-12H,1-9H2,(H,17,18)(H2,15,16,19). The molecule has 2 atom stereocenters. The number of aliphatic carboxylic acids is 1. The van der Waals surface area contributed by atoms with Crippen molar-refractivity contribution in [3.8, 4) is 0 Å². The van der Waals surface area contributed by atoms with Crippen LogP contribution in [0, 0.1) is 5.92 Å². The molecule has 5 nitrogen and oxygen atoms in total. The summed E-state index contributed by atoms with van der Waals surface area (Å²) in [5.41, 5.74) is 0. The fraction of sp³-hybridized carbons (Fsp3) is 0.857. The van der Waals surface area contributed by atoms with E-state index in [2.05, 4.69) is 10.6 Å². The lowest BCUT2D eigenvalue weighted by molar-refractivity contribution is -0.141. The molecule has 0 aromatic rings. The van der Waals surface area contributed by atoms with Crippen molar-refractivity contribution in [1.82, 2.24) is 10.6 Å². The minimum absolute atomic E-state index is 0.0203. The first-order chi connectivity index (χ1) is 9.15. The Bertz CT molecular complexity index is 325. The Hall–Kier alpha value is -1.26. The van der Waals surface area contributed by atoms with Crippen molar-refractivity contribution in [1.29, 1.82) is 0 Å². The van der Waals surface area contributed by atoms with E-state index in [-0.39, 0.29) is 18.0 Å². The maximum atomic E-state index is 11.9. The van der Waals surface area contributed by atoms with Gasteiger partial charge in [0.2, 0.25) is 0 Å². The van der Waals surface area contributed by atoms with Gasteiger partial charge in [0.05, 0.1) is 5.92 Å². The molecular formula is C14H24N2O3. The second kappa shape index (κ2) is 6.78. The Balaban J connectivity index is 1.71. The molecule has 0 spiro atoms. The molecule has 19 heavy (non-hydrogen) atoms. The lowest BCUT2D eigenvalue weighted by Crippen LogP contribution is -2.45. The predicted molar refractivity (Wildman–Crippen MR) is 71.9 cm³/mol. The van der Waals surface area contributed by atoms with Crippen LogP contribution < -0.4 is 10.6 Å². The number of hydrogen-bond acceptors (Lipinski definition) is 2. The van der Waals surface area contributed by atoms with E-state index in [0.29, 0.717) is 18.9 Å². The second-order valence-electron chi connectivity index (χ2n) is 5.85. The van der Waals surface area contributed by atoms with Gasteiger partial charge < -0.3 is 15.7 Å². The van der Waals surface area contributed by atoms with Crippen LogP contribution in [0.15, 0.2) is 0 Å². The van der Waals surface area contributed by atoms with E-state index in [9.17, 15) is 9.59 Å². The van der Waals surface area contributed by atoms with Crippen molar-refractivity contribution in [2.45, 2.75) is 69.9 Å². The van der Waals surface area contributed by atoms with Crippen molar-refractivity contribution in [3.05, 3.63) is 0 Å². The largest absolute Gasteiger partial charge is 0.481 e. The zero-order valence-corrected chi connectivity index (χ0v) is 11.4. The molecule has 0 aliphatic heterocycles. The van der Waals surface area contributed by atoms with E-state index >= 15 is 0 Å². The van der Waals surface area contributed by atoms with E-state index < -0.39 is 5.97 Å². The highest BCUT2D eigenvalue weighted by Crippen LogP contribution is 2.25. The van der Waals surface area contributed by atoms with Crippen LogP contribution in [-0.2, 0) is 4.79 Å². The first kappa shape index (κ1) is 14.2. The minimum atomic E-state index is -0.742. The Morgan fingerprint density at radius 2 is 1.47 bits per heavy atom. The number of carboxylic acids is 1. The maximum Gasteiger partial charge on any atom is 0.315 e. The minimum Gasteiger partial charge on any atom is -0.481 e. The molecule has 5 heteroatoms. The molecule has 2 amide bonds. The van der Waals surface area contributed by atoms with Crippen LogP contribution in [0.3, 0.4) is 0 Å². The predicted octanol–water partition coefficient (Wildman–Crippen LogP) is 2.26. The van der Waals surface area contributed by atoms with Crippen molar-refractivity contribution >= 4 is 12.0 Å². The zero-order chi connectivity index (χ0) is 13.7. The van der Waals surface area contributed by atoms with Gasteiger partial charge >= 0.3 is 12.0 Å². The fourth-order valence-corrected chi connectivity index (χ4v) is 3.17. The first-order valence-electron chi connectivity index (χ1n) is 7.45. The number of amides is 2. The van der Waals surface area contributed by atoms with E-state index in [1.165, 1.54) is 25.7 Å². The van der Waals surface area contributed by atoms with E-state index in [0.717, 1.165) is 19.3 Å². The molecule has 3 N–H and O–H groups in total. The number of hydrogen-bond donors (Lipinski definition) is 3. The number of carbonyl (C=O) groups is 2.